The fourth-order valence-corrected chi connectivity index (χ4v) is 3.81. The third-order valence-corrected chi connectivity index (χ3v) is 5.08. The van der Waals surface area contributed by atoms with Crippen LogP contribution in [0.15, 0.2) is 42.6 Å². The van der Waals surface area contributed by atoms with Gasteiger partial charge in [0, 0.05) is 45.5 Å². The number of aromatic nitrogens is 2. The van der Waals surface area contributed by atoms with Crippen LogP contribution in [0.4, 0.5) is 4.79 Å². The Bertz CT molecular complexity index is 708. The van der Waals surface area contributed by atoms with E-state index in [1.165, 1.54) is 11.3 Å². The summed E-state index contributed by atoms with van der Waals surface area (Å²) in [4.78, 5) is 16.6. The van der Waals surface area contributed by atoms with Crippen LogP contribution >= 0.6 is 0 Å². The molecule has 2 amide bonds. The monoisotopic (exact) mass is 339 g/mol. The lowest BCUT2D eigenvalue weighted by molar-refractivity contribution is 0.161. The minimum Gasteiger partial charge on any atom is -0.336 e. The van der Waals surface area contributed by atoms with Crippen LogP contribution in [0.2, 0.25) is 0 Å². The summed E-state index contributed by atoms with van der Waals surface area (Å²) < 4.78 is 2.08. The van der Waals surface area contributed by atoms with Gasteiger partial charge in [0.05, 0.1) is 11.7 Å². The maximum absolute atomic E-state index is 12.3. The Morgan fingerprint density at radius 1 is 1.16 bits per heavy atom. The lowest BCUT2D eigenvalue weighted by atomic mass is 10.1. The van der Waals surface area contributed by atoms with Crippen LogP contribution in [0.3, 0.4) is 0 Å². The maximum Gasteiger partial charge on any atom is 0.317 e. The highest BCUT2D eigenvalue weighted by Gasteiger charge is 2.27. The van der Waals surface area contributed by atoms with Crippen molar-refractivity contribution in [3.8, 4) is 0 Å². The molecule has 2 aliphatic heterocycles. The molecule has 1 atom stereocenters. The summed E-state index contributed by atoms with van der Waals surface area (Å²) in [6, 6.07) is 12.8. The highest BCUT2D eigenvalue weighted by molar-refractivity contribution is 5.74. The molecule has 1 saturated heterocycles. The van der Waals surface area contributed by atoms with E-state index in [-0.39, 0.29) is 12.1 Å². The average Bonchev–Trinajstić information content (AvgIpc) is 3.32. The summed E-state index contributed by atoms with van der Waals surface area (Å²) >= 11 is 0. The molecule has 6 heteroatoms. The molecule has 0 unspecified atom stereocenters. The van der Waals surface area contributed by atoms with Gasteiger partial charge in [-0.3, -0.25) is 9.58 Å². The molecule has 1 fully saturated rings. The molecule has 1 N–H and O–H groups in total. The van der Waals surface area contributed by atoms with Crippen LogP contribution in [0.1, 0.15) is 30.1 Å². The Labute approximate surface area is 148 Å². The van der Waals surface area contributed by atoms with Gasteiger partial charge in [-0.25, -0.2) is 4.79 Å². The first-order valence-corrected chi connectivity index (χ1v) is 9.11. The van der Waals surface area contributed by atoms with Gasteiger partial charge in [0.2, 0.25) is 0 Å². The fraction of sp³-hybridized carbons (Fsp3) is 0.474. The molecule has 0 radical (unpaired) electrons. The number of urea groups is 1. The molecule has 2 aliphatic rings. The van der Waals surface area contributed by atoms with Crippen LogP contribution < -0.4 is 5.32 Å². The summed E-state index contributed by atoms with van der Waals surface area (Å²) in [5.74, 6) is 0. The fourth-order valence-electron chi connectivity index (χ4n) is 3.81. The zero-order chi connectivity index (χ0) is 17.1. The molecule has 2 aromatic rings. The number of benzene rings is 1. The van der Waals surface area contributed by atoms with Gasteiger partial charge in [-0.15, -0.1) is 0 Å². The molecule has 6 nitrogen and oxygen atoms in total. The van der Waals surface area contributed by atoms with Crippen molar-refractivity contribution in [1.82, 2.24) is 24.9 Å². The van der Waals surface area contributed by atoms with E-state index in [0.717, 1.165) is 45.6 Å². The number of hydrogen-bond acceptors (Lipinski definition) is 3. The Morgan fingerprint density at radius 2 is 1.96 bits per heavy atom. The molecule has 0 bridgehead atoms. The van der Waals surface area contributed by atoms with Crippen molar-refractivity contribution in [3.63, 3.8) is 0 Å². The third kappa shape index (κ3) is 3.69. The topological polar surface area (TPSA) is 53.4 Å². The number of likely N-dealkylation sites (tertiary alicyclic amines) is 1. The second-order valence-electron chi connectivity index (χ2n) is 6.96. The van der Waals surface area contributed by atoms with Gasteiger partial charge in [-0.05, 0) is 24.5 Å². The number of hydrogen-bond donors (Lipinski definition) is 1. The number of amides is 2. The van der Waals surface area contributed by atoms with Crippen molar-refractivity contribution in [3.05, 3.63) is 53.9 Å². The van der Waals surface area contributed by atoms with Gasteiger partial charge in [-0.2, -0.15) is 5.10 Å². The van der Waals surface area contributed by atoms with Gasteiger partial charge < -0.3 is 10.2 Å². The highest BCUT2D eigenvalue weighted by Crippen LogP contribution is 2.21. The van der Waals surface area contributed by atoms with Gasteiger partial charge in [0.1, 0.15) is 0 Å². The Kier molecular flexibility index (Phi) is 4.70. The maximum atomic E-state index is 12.3. The summed E-state index contributed by atoms with van der Waals surface area (Å²) in [5.41, 5.74) is 2.53. The summed E-state index contributed by atoms with van der Waals surface area (Å²) in [6.45, 7) is 5.08. The van der Waals surface area contributed by atoms with Crippen LogP contribution in [0, 0.1) is 0 Å². The van der Waals surface area contributed by atoms with E-state index >= 15 is 0 Å². The van der Waals surface area contributed by atoms with E-state index in [1.807, 2.05) is 17.2 Å². The molecule has 0 aliphatic carbocycles. The van der Waals surface area contributed by atoms with Gasteiger partial charge in [0.25, 0.3) is 0 Å². The average molecular weight is 339 g/mol. The van der Waals surface area contributed by atoms with Crippen molar-refractivity contribution >= 4 is 6.03 Å². The van der Waals surface area contributed by atoms with Crippen LogP contribution in [0.25, 0.3) is 0 Å². The third-order valence-electron chi connectivity index (χ3n) is 5.08. The summed E-state index contributed by atoms with van der Waals surface area (Å²) in [7, 11) is 0. The molecule has 25 heavy (non-hydrogen) atoms. The molecular formula is C19H25N5O. The van der Waals surface area contributed by atoms with E-state index in [1.54, 1.807) is 0 Å². The highest BCUT2D eigenvalue weighted by atomic mass is 16.2. The van der Waals surface area contributed by atoms with E-state index in [0.29, 0.717) is 6.54 Å². The lowest BCUT2D eigenvalue weighted by Crippen LogP contribution is -2.45. The molecule has 3 heterocycles. The standard InChI is InChI=1S/C19H25N5O/c25-19(23-10-4-5-11-23)20-12-18-15-22(13-16-6-2-1-3-7-16)14-17-8-9-21-24(17)18/h1-3,6-9,18H,4-5,10-15H2,(H,20,25)/t18-/m1/s1. The molecule has 132 valence electrons. The molecular weight excluding hydrogens is 314 g/mol. The first-order chi connectivity index (χ1) is 12.3. The number of rotatable bonds is 4. The number of nitrogens with zero attached hydrogens (tertiary/aromatic N) is 4. The predicted octanol–water partition coefficient (Wildman–Crippen LogP) is 2.25. The zero-order valence-corrected chi connectivity index (χ0v) is 14.5. The number of carbonyl (C=O) groups excluding carboxylic acids is 1. The van der Waals surface area contributed by atoms with Gasteiger partial charge in [-0.1, -0.05) is 30.3 Å². The van der Waals surface area contributed by atoms with E-state index in [9.17, 15) is 4.79 Å². The van der Waals surface area contributed by atoms with E-state index in [2.05, 4.69) is 50.3 Å². The second kappa shape index (κ2) is 7.27. The summed E-state index contributed by atoms with van der Waals surface area (Å²) in [5, 5.41) is 7.59. The largest absolute Gasteiger partial charge is 0.336 e. The predicted molar refractivity (Wildman–Crippen MR) is 96.0 cm³/mol. The van der Waals surface area contributed by atoms with Crippen molar-refractivity contribution in [2.75, 3.05) is 26.2 Å². The number of fused-ring (bicyclic) bond motifs is 1. The van der Waals surface area contributed by atoms with E-state index in [4.69, 9.17) is 0 Å². The van der Waals surface area contributed by atoms with Crippen LogP contribution in [-0.2, 0) is 13.1 Å². The Hall–Kier alpha value is -2.34. The van der Waals surface area contributed by atoms with Gasteiger partial charge in [0.15, 0.2) is 0 Å². The zero-order valence-electron chi connectivity index (χ0n) is 14.5. The van der Waals surface area contributed by atoms with Crippen molar-refractivity contribution in [2.45, 2.75) is 32.0 Å². The van der Waals surface area contributed by atoms with E-state index < -0.39 is 0 Å². The minimum absolute atomic E-state index is 0.0615. The number of nitrogens with one attached hydrogen (secondary N) is 1. The summed E-state index contributed by atoms with van der Waals surface area (Å²) in [6.07, 6.45) is 4.09. The Morgan fingerprint density at radius 3 is 2.76 bits per heavy atom. The first kappa shape index (κ1) is 16.1. The first-order valence-electron chi connectivity index (χ1n) is 9.11. The molecule has 0 spiro atoms. The molecule has 0 saturated carbocycles. The molecule has 1 aromatic heterocycles. The number of carbonyl (C=O) groups is 1. The van der Waals surface area contributed by atoms with Crippen LogP contribution in [-0.4, -0.2) is 51.8 Å². The lowest BCUT2D eigenvalue weighted by Gasteiger charge is -2.34. The van der Waals surface area contributed by atoms with Crippen molar-refractivity contribution in [1.29, 1.82) is 0 Å². The smallest absolute Gasteiger partial charge is 0.317 e. The van der Waals surface area contributed by atoms with Crippen molar-refractivity contribution < 1.29 is 4.79 Å². The minimum atomic E-state index is 0.0615. The SMILES string of the molecule is O=C(NC[C@@H]1CN(Cc2ccccc2)Cc2ccnn21)N1CCCC1. The Balaban J connectivity index is 1.41. The van der Waals surface area contributed by atoms with Crippen LogP contribution in [0.5, 0.6) is 0 Å². The van der Waals surface area contributed by atoms with Gasteiger partial charge >= 0.3 is 6.03 Å². The molecule has 1 aromatic carbocycles. The quantitative estimate of drug-likeness (QED) is 0.929. The second-order valence-corrected chi connectivity index (χ2v) is 6.96. The normalized spacial score (nSPS) is 20.5. The van der Waals surface area contributed by atoms with Crippen molar-refractivity contribution in [2.24, 2.45) is 0 Å². The molecule has 4 rings (SSSR count).